The lowest BCUT2D eigenvalue weighted by Gasteiger charge is -2.23. The number of nitrogens with one attached hydrogen (secondary N) is 1. The fourth-order valence-electron chi connectivity index (χ4n) is 2.03. The Bertz CT molecular complexity index is 526. The third-order valence-corrected chi connectivity index (χ3v) is 4.31. The smallest absolute Gasteiger partial charge is 0.223 e. The van der Waals surface area contributed by atoms with Gasteiger partial charge in [0.1, 0.15) is 5.76 Å². The van der Waals surface area contributed by atoms with Gasteiger partial charge in [0.25, 0.3) is 0 Å². The van der Waals surface area contributed by atoms with Crippen LogP contribution in [0.4, 0.5) is 0 Å². The Labute approximate surface area is 110 Å². The van der Waals surface area contributed by atoms with Crippen LogP contribution >= 0.6 is 11.3 Å². The summed E-state index contributed by atoms with van der Waals surface area (Å²) in [5.74, 6) is 1.34. The third kappa shape index (κ3) is 2.34. The summed E-state index contributed by atoms with van der Waals surface area (Å²) < 4.78 is 5.34. The van der Waals surface area contributed by atoms with E-state index in [4.69, 9.17) is 4.42 Å². The molecule has 0 unspecified atom stereocenters. The quantitative estimate of drug-likeness (QED) is 0.916. The number of carbonyl (C=O) groups is 1. The maximum atomic E-state index is 11.7. The van der Waals surface area contributed by atoms with Crippen LogP contribution in [0, 0.1) is 5.92 Å². The van der Waals surface area contributed by atoms with Crippen LogP contribution in [0.15, 0.2) is 34.3 Å². The summed E-state index contributed by atoms with van der Waals surface area (Å²) in [5, 5.41) is 5.06. The van der Waals surface area contributed by atoms with Crippen LogP contribution in [0.2, 0.25) is 0 Å². The molecule has 0 atom stereocenters. The van der Waals surface area contributed by atoms with Crippen LogP contribution < -0.4 is 5.32 Å². The second kappa shape index (κ2) is 4.98. The fraction of sp³-hybridized carbons (Fsp3) is 0.357. The van der Waals surface area contributed by atoms with Crippen LogP contribution in [0.25, 0.3) is 11.3 Å². The van der Waals surface area contributed by atoms with E-state index in [9.17, 15) is 4.79 Å². The maximum Gasteiger partial charge on any atom is 0.223 e. The van der Waals surface area contributed by atoms with Gasteiger partial charge in [-0.2, -0.15) is 0 Å². The second-order valence-electron chi connectivity index (χ2n) is 4.62. The van der Waals surface area contributed by atoms with Crippen molar-refractivity contribution in [1.29, 1.82) is 0 Å². The molecule has 0 spiro atoms. The zero-order chi connectivity index (χ0) is 12.4. The Morgan fingerprint density at radius 1 is 1.50 bits per heavy atom. The highest BCUT2D eigenvalue weighted by atomic mass is 32.1. The van der Waals surface area contributed by atoms with Crippen molar-refractivity contribution in [2.24, 2.45) is 5.92 Å². The summed E-state index contributed by atoms with van der Waals surface area (Å²) in [6.45, 7) is 0.626. The molecule has 94 valence electrons. The Kier molecular flexibility index (Phi) is 3.19. The number of amides is 1. The number of furan rings is 1. The molecule has 0 aromatic carbocycles. The molecule has 1 amide bonds. The maximum absolute atomic E-state index is 11.7. The van der Waals surface area contributed by atoms with Gasteiger partial charge < -0.3 is 9.73 Å². The molecule has 1 saturated carbocycles. The fourth-order valence-corrected chi connectivity index (χ4v) is 2.85. The molecular weight excluding hydrogens is 246 g/mol. The predicted octanol–water partition coefficient (Wildman–Crippen LogP) is 3.42. The highest BCUT2D eigenvalue weighted by molar-refractivity contribution is 7.10. The van der Waals surface area contributed by atoms with Crippen LogP contribution in [-0.2, 0) is 11.3 Å². The van der Waals surface area contributed by atoms with Crippen LogP contribution in [0.3, 0.4) is 0 Å². The van der Waals surface area contributed by atoms with Gasteiger partial charge in [0.05, 0.1) is 12.8 Å². The van der Waals surface area contributed by atoms with E-state index in [1.807, 2.05) is 12.1 Å². The van der Waals surface area contributed by atoms with Gasteiger partial charge in [-0.3, -0.25) is 4.79 Å². The lowest BCUT2D eigenvalue weighted by molar-refractivity contribution is -0.127. The van der Waals surface area contributed by atoms with Gasteiger partial charge >= 0.3 is 0 Å². The first kappa shape index (κ1) is 11.5. The largest absolute Gasteiger partial charge is 0.464 e. The van der Waals surface area contributed by atoms with Crippen molar-refractivity contribution in [2.75, 3.05) is 0 Å². The molecule has 3 nitrogen and oxygen atoms in total. The van der Waals surface area contributed by atoms with Gasteiger partial charge in [-0.1, -0.05) is 6.42 Å². The van der Waals surface area contributed by atoms with Crippen LogP contribution in [0.5, 0.6) is 0 Å². The average Bonchev–Trinajstić information content (AvgIpc) is 2.94. The van der Waals surface area contributed by atoms with E-state index in [0.717, 1.165) is 29.0 Å². The van der Waals surface area contributed by atoms with Crippen LogP contribution in [0.1, 0.15) is 24.1 Å². The first-order valence-electron chi connectivity index (χ1n) is 6.22. The van der Waals surface area contributed by atoms with Gasteiger partial charge in [0.15, 0.2) is 0 Å². The lowest BCUT2D eigenvalue weighted by atomic mass is 9.85. The summed E-state index contributed by atoms with van der Waals surface area (Å²) in [6.07, 6.45) is 4.96. The van der Waals surface area contributed by atoms with E-state index in [1.165, 1.54) is 6.42 Å². The topological polar surface area (TPSA) is 42.2 Å². The number of thiophene rings is 1. The van der Waals surface area contributed by atoms with E-state index in [-0.39, 0.29) is 11.8 Å². The van der Waals surface area contributed by atoms with E-state index in [1.54, 1.807) is 17.6 Å². The number of rotatable bonds is 4. The Balaban J connectivity index is 1.58. The Morgan fingerprint density at radius 3 is 3.06 bits per heavy atom. The van der Waals surface area contributed by atoms with Crippen molar-refractivity contribution in [3.63, 3.8) is 0 Å². The molecule has 1 aliphatic rings. The van der Waals surface area contributed by atoms with Crippen molar-refractivity contribution in [1.82, 2.24) is 5.32 Å². The highest BCUT2D eigenvalue weighted by Gasteiger charge is 2.24. The standard InChI is InChI=1S/C14H15NO2S/c16-14(10-3-1-4-10)15-8-12-7-11(9-18-12)13-5-2-6-17-13/h2,5-7,9-10H,1,3-4,8H2,(H,15,16). The third-order valence-electron chi connectivity index (χ3n) is 3.37. The zero-order valence-corrected chi connectivity index (χ0v) is 10.8. The van der Waals surface area contributed by atoms with Crippen molar-refractivity contribution in [3.05, 3.63) is 34.7 Å². The highest BCUT2D eigenvalue weighted by Crippen LogP contribution is 2.28. The monoisotopic (exact) mass is 261 g/mol. The SMILES string of the molecule is O=C(NCc1cc(-c2ccco2)cs1)C1CCC1. The first-order valence-corrected chi connectivity index (χ1v) is 7.10. The summed E-state index contributed by atoms with van der Waals surface area (Å²) >= 11 is 1.65. The molecule has 1 aliphatic carbocycles. The molecule has 2 heterocycles. The Morgan fingerprint density at radius 2 is 2.39 bits per heavy atom. The minimum absolute atomic E-state index is 0.203. The molecule has 0 saturated heterocycles. The van der Waals surface area contributed by atoms with Crippen molar-refractivity contribution in [3.8, 4) is 11.3 Å². The van der Waals surface area contributed by atoms with E-state index < -0.39 is 0 Å². The normalized spacial score (nSPS) is 15.3. The minimum Gasteiger partial charge on any atom is -0.464 e. The van der Waals surface area contributed by atoms with E-state index in [0.29, 0.717) is 6.54 Å². The molecule has 18 heavy (non-hydrogen) atoms. The molecule has 3 rings (SSSR count). The second-order valence-corrected chi connectivity index (χ2v) is 5.62. The molecule has 2 aromatic heterocycles. The Hall–Kier alpha value is -1.55. The minimum atomic E-state index is 0.203. The molecule has 1 fully saturated rings. The summed E-state index contributed by atoms with van der Waals surface area (Å²) in [6, 6.07) is 5.90. The van der Waals surface area contributed by atoms with Crippen LogP contribution in [-0.4, -0.2) is 5.91 Å². The average molecular weight is 261 g/mol. The molecule has 0 bridgehead atoms. The number of hydrogen-bond acceptors (Lipinski definition) is 3. The van der Waals surface area contributed by atoms with E-state index >= 15 is 0 Å². The first-order chi connectivity index (χ1) is 8.83. The molecule has 0 aliphatic heterocycles. The van der Waals surface area contributed by atoms with Gasteiger partial charge in [-0.15, -0.1) is 11.3 Å². The predicted molar refractivity (Wildman–Crippen MR) is 71.2 cm³/mol. The molecular formula is C14H15NO2S. The molecule has 4 heteroatoms. The van der Waals surface area contributed by atoms with Gasteiger partial charge in [-0.05, 0) is 31.0 Å². The van der Waals surface area contributed by atoms with Gasteiger partial charge in [-0.25, -0.2) is 0 Å². The van der Waals surface area contributed by atoms with Gasteiger partial charge in [0, 0.05) is 21.7 Å². The molecule has 1 N–H and O–H groups in total. The lowest BCUT2D eigenvalue weighted by Crippen LogP contribution is -2.33. The van der Waals surface area contributed by atoms with Crippen molar-refractivity contribution < 1.29 is 9.21 Å². The van der Waals surface area contributed by atoms with Crippen molar-refractivity contribution in [2.45, 2.75) is 25.8 Å². The molecule has 2 aromatic rings. The van der Waals surface area contributed by atoms with Crippen molar-refractivity contribution >= 4 is 17.2 Å². The summed E-state index contributed by atoms with van der Waals surface area (Å²) in [7, 11) is 0. The summed E-state index contributed by atoms with van der Waals surface area (Å²) in [5.41, 5.74) is 1.08. The number of carbonyl (C=O) groups excluding carboxylic acids is 1. The van der Waals surface area contributed by atoms with Gasteiger partial charge in [0.2, 0.25) is 5.91 Å². The molecule has 0 radical (unpaired) electrons. The number of hydrogen-bond donors (Lipinski definition) is 1. The van der Waals surface area contributed by atoms with E-state index in [2.05, 4.69) is 16.8 Å². The summed E-state index contributed by atoms with van der Waals surface area (Å²) in [4.78, 5) is 12.9. The zero-order valence-electron chi connectivity index (χ0n) is 10.0.